The quantitative estimate of drug-likeness (QED) is 0.322. The molecule has 1 saturated heterocycles. The third-order valence-electron chi connectivity index (χ3n) is 4.65. The molecule has 0 aromatic rings. The highest BCUT2D eigenvalue weighted by atomic mass is 35.5. The van der Waals surface area contributed by atoms with Gasteiger partial charge in [0.1, 0.15) is 0 Å². The molecule has 1 aliphatic rings. The van der Waals surface area contributed by atoms with Gasteiger partial charge in [-0.15, -0.1) is 11.6 Å². The number of hydrogen-bond acceptors (Lipinski definition) is 1. The summed E-state index contributed by atoms with van der Waals surface area (Å²) in [5.41, 5.74) is 0. The lowest BCUT2D eigenvalue weighted by Crippen LogP contribution is -2.36. The number of unbranched alkanes of at least 4 members (excludes halogenated alkanes) is 9. The molecule has 1 unspecified atom stereocenters. The molecule has 1 atom stereocenters. The van der Waals surface area contributed by atoms with Crippen molar-refractivity contribution >= 4 is 11.6 Å². The SMILES string of the molecule is CCCCCCCCCCCCN1CCCC(CCl)C1. The standard InChI is InChI=1S/C18H36ClN/c1-2-3-4-5-6-7-8-9-10-11-14-20-15-12-13-18(16-19)17-20/h18H,2-17H2,1H3. The van der Waals surface area contributed by atoms with Gasteiger partial charge in [-0.3, -0.25) is 0 Å². The molecule has 120 valence electrons. The molecule has 0 aliphatic carbocycles. The molecule has 0 spiro atoms. The first kappa shape index (κ1) is 18.3. The molecule has 0 aromatic heterocycles. The lowest BCUT2D eigenvalue weighted by Gasteiger charge is -2.31. The molecular formula is C18H36ClN. The maximum absolute atomic E-state index is 5.98. The van der Waals surface area contributed by atoms with Crippen molar-refractivity contribution in [1.82, 2.24) is 4.90 Å². The first-order chi connectivity index (χ1) is 9.86. The smallest absolute Gasteiger partial charge is 0.0263 e. The average Bonchev–Trinajstić information content (AvgIpc) is 2.49. The number of piperidine rings is 1. The summed E-state index contributed by atoms with van der Waals surface area (Å²) >= 11 is 5.98. The van der Waals surface area contributed by atoms with E-state index in [2.05, 4.69) is 11.8 Å². The minimum absolute atomic E-state index is 0.758. The fraction of sp³-hybridized carbons (Fsp3) is 1.00. The van der Waals surface area contributed by atoms with Crippen LogP contribution >= 0.6 is 11.6 Å². The summed E-state index contributed by atoms with van der Waals surface area (Å²) < 4.78 is 0. The number of nitrogens with zero attached hydrogens (tertiary/aromatic N) is 1. The van der Waals surface area contributed by atoms with Crippen LogP contribution in [0.3, 0.4) is 0 Å². The van der Waals surface area contributed by atoms with Crippen LogP contribution in [0, 0.1) is 5.92 Å². The molecule has 0 aromatic carbocycles. The number of rotatable bonds is 12. The van der Waals surface area contributed by atoms with Crippen molar-refractivity contribution in [2.24, 2.45) is 5.92 Å². The summed E-state index contributed by atoms with van der Waals surface area (Å²) in [5.74, 6) is 1.61. The van der Waals surface area contributed by atoms with E-state index in [1.807, 2.05) is 0 Å². The molecule has 0 radical (unpaired) electrons. The van der Waals surface area contributed by atoms with Crippen LogP contribution < -0.4 is 0 Å². The third kappa shape index (κ3) is 9.23. The molecule has 0 saturated carbocycles. The Morgan fingerprint density at radius 2 is 1.50 bits per heavy atom. The van der Waals surface area contributed by atoms with E-state index in [0.29, 0.717) is 0 Å². The molecular weight excluding hydrogens is 266 g/mol. The van der Waals surface area contributed by atoms with Crippen LogP contribution in [-0.2, 0) is 0 Å². The van der Waals surface area contributed by atoms with E-state index in [4.69, 9.17) is 11.6 Å². The van der Waals surface area contributed by atoms with Crippen LogP contribution in [0.1, 0.15) is 84.0 Å². The van der Waals surface area contributed by atoms with Gasteiger partial charge in [-0.25, -0.2) is 0 Å². The monoisotopic (exact) mass is 301 g/mol. The predicted octanol–water partition coefficient (Wildman–Crippen LogP) is 5.86. The van der Waals surface area contributed by atoms with Crippen molar-refractivity contribution in [3.8, 4) is 0 Å². The molecule has 0 N–H and O–H groups in total. The van der Waals surface area contributed by atoms with E-state index in [-0.39, 0.29) is 0 Å². The number of hydrogen-bond donors (Lipinski definition) is 0. The van der Waals surface area contributed by atoms with Gasteiger partial charge in [0, 0.05) is 12.4 Å². The Kier molecular flexibility index (Phi) is 11.8. The molecule has 1 aliphatic heterocycles. The topological polar surface area (TPSA) is 3.24 Å². The Hall–Kier alpha value is 0.250. The molecule has 1 fully saturated rings. The zero-order valence-corrected chi connectivity index (χ0v) is 14.5. The molecule has 0 bridgehead atoms. The van der Waals surface area contributed by atoms with Gasteiger partial charge >= 0.3 is 0 Å². The second kappa shape index (κ2) is 13.0. The van der Waals surface area contributed by atoms with Crippen molar-refractivity contribution in [1.29, 1.82) is 0 Å². The van der Waals surface area contributed by atoms with Gasteiger partial charge < -0.3 is 4.90 Å². The van der Waals surface area contributed by atoms with Crippen molar-refractivity contribution in [2.45, 2.75) is 84.0 Å². The van der Waals surface area contributed by atoms with Gasteiger partial charge in [-0.1, -0.05) is 64.7 Å². The van der Waals surface area contributed by atoms with Gasteiger partial charge in [0.15, 0.2) is 0 Å². The second-order valence-corrected chi connectivity index (χ2v) is 6.95. The largest absolute Gasteiger partial charge is 0.303 e. The fourth-order valence-electron chi connectivity index (χ4n) is 3.30. The second-order valence-electron chi connectivity index (χ2n) is 6.65. The van der Waals surface area contributed by atoms with E-state index in [1.165, 1.54) is 96.7 Å². The molecule has 1 rings (SSSR count). The average molecular weight is 302 g/mol. The minimum atomic E-state index is 0.758. The molecule has 2 heteroatoms. The van der Waals surface area contributed by atoms with E-state index in [1.54, 1.807) is 0 Å². The normalized spacial score (nSPS) is 20.4. The van der Waals surface area contributed by atoms with E-state index in [0.717, 1.165) is 11.8 Å². The van der Waals surface area contributed by atoms with Crippen molar-refractivity contribution in [2.75, 3.05) is 25.5 Å². The van der Waals surface area contributed by atoms with E-state index < -0.39 is 0 Å². The zero-order valence-electron chi connectivity index (χ0n) is 13.7. The Balaban J connectivity index is 1.82. The molecule has 1 nitrogen and oxygen atoms in total. The maximum atomic E-state index is 5.98. The van der Waals surface area contributed by atoms with Gasteiger partial charge in [0.25, 0.3) is 0 Å². The molecule has 0 amide bonds. The predicted molar refractivity (Wildman–Crippen MR) is 91.7 cm³/mol. The lowest BCUT2D eigenvalue weighted by molar-refractivity contribution is 0.182. The van der Waals surface area contributed by atoms with Gasteiger partial charge in [-0.2, -0.15) is 0 Å². The summed E-state index contributed by atoms with van der Waals surface area (Å²) in [5, 5.41) is 0. The lowest BCUT2D eigenvalue weighted by atomic mass is 9.99. The van der Waals surface area contributed by atoms with Crippen molar-refractivity contribution in [3.63, 3.8) is 0 Å². The first-order valence-electron chi connectivity index (χ1n) is 9.15. The number of likely N-dealkylation sites (tertiary alicyclic amines) is 1. The van der Waals surface area contributed by atoms with Crippen LogP contribution in [0.15, 0.2) is 0 Å². The highest BCUT2D eigenvalue weighted by Gasteiger charge is 2.18. The summed E-state index contributed by atoms with van der Waals surface area (Å²) in [7, 11) is 0. The maximum Gasteiger partial charge on any atom is 0.0263 e. The van der Waals surface area contributed by atoms with Crippen LogP contribution in [0.5, 0.6) is 0 Å². The Labute approximate surface area is 132 Å². The van der Waals surface area contributed by atoms with Crippen molar-refractivity contribution in [3.05, 3.63) is 0 Å². The summed E-state index contributed by atoms with van der Waals surface area (Å²) in [4.78, 5) is 2.64. The Morgan fingerprint density at radius 1 is 0.900 bits per heavy atom. The van der Waals surface area contributed by atoms with Crippen molar-refractivity contribution < 1.29 is 0 Å². The number of alkyl halides is 1. The van der Waals surface area contributed by atoms with Crippen LogP contribution in [0.2, 0.25) is 0 Å². The van der Waals surface area contributed by atoms with Gasteiger partial charge in [0.05, 0.1) is 0 Å². The van der Waals surface area contributed by atoms with Crippen LogP contribution in [0.25, 0.3) is 0 Å². The van der Waals surface area contributed by atoms with Gasteiger partial charge in [-0.05, 0) is 38.3 Å². The van der Waals surface area contributed by atoms with Crippen LogP contribution in [0.4, 0.5) is 0 Å². The highest BCUT2D eigenvalue weighted by Crippen LogP contribution is 2.18. The Morgan fingerprint density at radius 3 is 2.10 bits per heavy atom. The highest BCUT2D eigenvalue weighted by molar-refractivity contribution is 6.18. The van der Waals surface area contributed by atoms with Gasteiger partial charge in [0.2, 0.25) is 0 Å². The third-order valence-corrected chi connectivity index (χ3v) is 5.09. The summed E-state index contributed by atoms with van der Waals surface area (Å²) in [6, 6.07) is 0. The fourth-order valence-corrected chi connectivity index (χ4v) is 3.56. The molecule has 1 heterocycles. The summed E-state index contributed by atoms with van der Waals surface area (Å²) in [6.07, 6.45) is 17.0. The zero-order chi connectivity index (χ0) is 14.5. The Bertz CT molecular complexity index is 208. The van der Waals surface area contributed by atoms with Crippen LogP contribution in [-0.4, -0.2) is 30.4 Å². The van der Waals surface area contributed by atoms with E-state index >= 15 is 0 Å². The first-order valence-corrected chi connectivity index (χ1v) is 9.68. The van der Waals surface area contributed by atoms with E-state index in [9.17, 15) is 0 Å². The molecule has 20 heavy (non-hydrogen) atoms. The number of halogens is 1. The minimum Gasteiger partial charge on any atom is -0.303 e. The summed E-state index contributed by atoms with van der Waals surface area (Å²) in [6.45, 7) is 6.16.